The molecule has 0 bridgehead atoms. The van der Waals surface area contributed by atoms with Crippen molar-refractivity contribution in [3.05, 3.63) is 42.2 Å². The molecule has 1 atom stereocenters. The number of nitrogens with two attached hydrogens (primary N) is 1. The molecular formula is C25H31N5O3. The zero-order valence-corrected chi connectivity index (χ0v) is 18.8. The first-order chi connectivity index (χ1) is 15.9. The van der Waals surface area contributed by atoms with E-state index in [1.165, 1.54) is 0 Å². The maximum absolute atomic E-state index is 13.5. The molecule has 2 aromatic rings. The van der Waals surface area contributed by atoms with Crippen molar-refractivity contribution in [1.82, 2.24) is 14.9 Å². The number of piperidine rings is 1. The van der Waals surface area contributed by atoms with Crippen LogP contribution < -0.4 is 10.6 Å². The summed E-state index contributed by atoms with van der Waals surface area (Å²) in [6.45, 7) is 2.32. The van der Waals surface area contributed by atoms with Crippen molar-refractivity contribution >= 4 is 17.8 Å². The highest BCUT2D eigenvalue weighted by molar-refractivity contribution is 5.93. The van der Waals surface area contributed by atoms with Gasteiger partial charge in [0.25, 0.3) is 0 Å². The van der Waals surface area contributed by atoms with Crippen LogP contribution in [0.2, 0.25) is 0 Å². The van der Waals surface area contributed by atoms with Crippen LogP contribution in [0.5, 0.6) is 0 Å². The number of hydrogen-bond acceptors (Lipinski definition) is 6. The van der Waals surface area contributed by atoms with Crippen LogP contribution in [0.15, 0.2) is 36.7 Å². The molecule has 5 rings (SSSR count). The van der Waals surface area contributed by atoms with Crippen molar-refractivity contribution in [3.8, 4) is 11.1 Å². The Morgan fingerprint density at radius 3 is 2.36 bits per heavy atom. The van der Waals surface area contributed by atoms with Crippen LogP contribution in [0.1, 0.15) is 55.3 Å². The summed E-state index contributed by atoms with van der Waals surface area (Å²) in [5.74, 6) is 0.478. The predicted octanol–water partition coefficient (Wildman–Crippen LogP) is 2.36. The minimum absolute atomic E-state index is 0.209. The summed E-state index contributed by atoms with van der Waals surface area (Å²) in [5, 5.41) is 9.82. The van der Waals surface area contributed by atoms with E-state index in [-0.39, 0.29) is 23.5 Å². The van der Waals surface area contributed by atoms with E-state index in [1.54, 1.807) is 24.5 Å². The summed E-state index contributed by atoms with van der Waals surface area (Å²) < 4.78 is 0. The SMILES string of the molecule is NC(=O)c1ccc(-c2cnc(N3CCC[C@@]4(CCN([C@H]5CC[C@H](O)CC5)C4=O)C3)nc2)cc1. The average Bonchev–Trinajstić information content (AvgIpc) is 3.15. The quantitative estimate of drug-likeness (QED) is 0.741. The molecule has 1 aromatic carbocycles. The number of benzene rings is 1. The van der Waals surface area contributed by atoms with E-state index in [0.29, 0.717) is 18.1 Å². The van der Waals surface area contributed by atoms with Gasteiger partial charge in [-0.15, -0.1) is 0 Å². The lowest BCUT2D eigenvalue weighted by Crippen LogP contribution is -2.50. The number of amides is 2. The Hall–Kier alpha value is -3.00. The number of anilines is 1. The largest absolute Gasteiger partial charge is 0.393 e. The molecule has 3 fully saturated rings. The number of hydrogen-bond donors (Lipinski definition) is 2. The van der Waals surface area contributed by atoms with Crippen molar-refractivity contribution in [3.63, 3.8) is 0 Å². The van der Waals surface area contributed by atoms with Crippen molar-refractivity contribution in [2.75, 3.05) is 24.5 Å². The van der Waals surface area contributed by atoms with Gasteiger partial charge < -0.3 is 20.6 Å². The summed E-state index contributed by atoms with van der Waals surface area (Å²) in [6, 6.07) is 7.34. The third-order valence-electron chi connectivity index (χ3n) is 7.65. The van der Waals surface area contributed by atoms with Gasteiger partial charge in [0, 0.05) is 49.2 Å². The molecule has 1 saturated carbocycles. The van der Waals surface area contributed by atoms with Gasteiger partial charge in [-0.25, -0.2) is 9.97 Å². The lowest BCUT2D eigenvalue weighted by Gasteiger charge is -2.40. The van der Waals surface area contributed by atoms with E-state index < -0.39 is 5.91 Å². The molecule has 1 spiro atoms. The third kappa shape index (κ3) is 4.19. The van der Waals surface area contributed by atoms with E-state index in [1.807, 2.05) is 12.1 Å². The molecule has 2 aliphatic heterocycles. The van der Waals surface area contributed by atoms with Gasteiger partial charge in [-0.3, -0.25) is 9.59 Å². The summed E-state index contributed by atoms with van der Waals surface area (Å²) in [7, 11) is 0. The molecule has 8 heteroatoms. The van der Waals surface area contributed by atoms with Crippen LogP contribution in [0.25, 0.3) is 11.1 Å². The number of primary amides is 1. The van der Waals surface area contributed by atoms with E-state index in [9.17, 15) is 14.7 Å². The predicted molar refractivity (Wildman–Crippen MR) is 124 cm³/mol. The van der Waals surface area contributed by atoms with E-state index in [4.69, 9.17) is 5.73 Å². The Kier molecular flexibility index (Phi) is 5.78. The third-order valence-corrected chi connectivity index (χ3v) is 7.65. The van der Waals surface area contributed by atoms with Crippen LogP contribution in [-0.4, -0.2) is 63.6 Å². The first kappa shape index (κ1) is 21.8. The van der Waals surface area contributed by atoms with Gasteiger partial charge in [0.2, 0.25) is 17.8 Å². The number of carbonyl (C=O) groups is 2. The maximum Gasteiger partial charge on any atom is 0.248 e. The molecule has 2 saturated heterocycles. The maximum atomic E-state index is 13.5. The number of likely N-dealkylation sites (tertiary alicyclic amines) is 1. The molecule has 0 radical (unpaired) electrons. The molecule has 3 heterocycles. The fourth-order valence-corrected chi connectivity index (χ4v) is 5.71. The average molecular weight is 450 g/mol. The summed E-state index contributed by atoms with van der Waals surface area (Å²) in [5.41, 5.74) is 7.22. The Bertz CT molecular complexity index is 1020. The normalized spacial score (nSPS) is 27.8. The Morgan fingerprint density at radius 2 is 1.70 bits per heavy atom. The monoisotopic (exact) mass is 449 g/mol. The Morgan fingerprint density at radius 1 is 1.00 bits per heavy atom. The second-order valence-electron chi connectivity index (χ2n) is 9.73. The molecule has 33 heavy (non-hydrogen) atoms. The fraction of sp³-hybridized carbons (Fsp3) is 0.520. The number of nitrogens with zero attached hydrogens (tertiary/aromatic N) is 4. The summed E-state index contributed by atoms with van der Waals surface area (Å²) >= 11 is 0. The van der Waals surface area contributed by atoms with E-state index in [2.05, 4.69) is 19.8 Å². The van der Waals surface area contributed by atoms with E-state index in [0.717, 1.165) is 69.2 Å². The summed E-state index contributed by atoms with van der Waals surface area (Å²) in [4.78, 5) is 38.2. The highest BCUT2D eigenvalue weighted by atomic mass is 16.3. The van der Waals surface area contributed by atoms with Crippen LogP contribution in [0, 0.1) is 5.41 Å². The molecule has 0 unspecified atom stereocenters. The molecule has 1 aromatic heterocycles. The van der Waals surface area contributed by atoms with Gasteiger partial charge >= 0.3 is 0 Å². The van der Waals surface area contributed by atoms with Crippen molar-refractivity contribution in [2.24, 2.45) is 11.1 Å². The molecule has 3 N–H and O–H groups in total. The smallest absolute Gasteiger partial charge is 0.248 e. The minimum atomic E-state index is -0.451. The molecule has 2 amide bonds. The molecule has 174 valence electrons. The number of aliphatic hydroxyl groups is 1. The zero-order chi connectivity index (χ0) is 23.0. The highest BCUT2D eigenvalue weighted by Gasteiger charge is 2.51. The lowest BCUT2D eigenvalue weighted by atomic mass is 9.78. The van der Waals surface area contributed by atoms with Crippen molar-refractivity contribution in [1.29, 1.82) is 0 Å². The topological polar surface area (TPSA) is 113 Å². The minimum Gasteiger partial charge on any atom is -0.393 e. The van der Waals surface area contributed by atoms with Crippen LogP contribution in [0.3, 0.4) is 0 Å². The molecular weight excluding hydrogens is 418 g/mol. The first-order valence-corrected chi connectivity index (χ1v) is 11.9. The number of aromatic nitrogens is 2. The Labute approximate surface area is 193 Å². The van der Waals surface area contributed by atoms with Crippen LogP contribution in [-0.2, 0) is 4.79 Å². The van der Waals surface area contributed by atoms with Gasteiger partial charge in [0.1, 0.15) is 0 Å². The van der Waals surface area contributed by atoms with Crippen LogP contribution >= 0.6 is 0 Å². The second kappa shape index (κ2) is 8.74. The van der Waals surface area contributed by atoms with Gasteiger partial charge in [0.05, 0.1) is 11.5 Å². The van der Waals surface area contributed by atoms with Gasteiger partial charge in [-0.2, -0.15) is 0 Å². The van der Waals surface area contributed by atoms with Crippen molar-refractivity contribution < 1.29 is 14.7 Å². The molecule has 8 nitrogen and oxygen atoms in total. The van der Waals surface area contributed by atoms with E-state index >= 15 is 0 Å². The zero-order valence-electron chi connectivity index (χ0n) is 18.8. The number of carbonyl (C=O) groups excluding carboxylic acids is 2. The first-order valence-electron chi connectivity index (χ1n) is 11.9. The van der Waals surface area contributed by atoms with Gasteiger partial charge in [0.15, 0.2) is 0 Å². The number of aliphatic hydroxyl groups excluding tert-OH is 1. The molecule has 3 aliphatic rings. The van der Waals surface area contributed by atoms with Gasteiger partial charge in [-0.1, -0.05) is 12.1 Å². The Balaban J connectivity index is 1.28. The summed E-state index contributed by atoms with van der Waals surface area (Å²) in [6.07, 6.45) is 9.50. The highest BCUT2D eigenvalue weighted by Crippen LogP contribution is 2.43. The van der Waals surface area contributed by atoms with Gasteiger partial charge in [-0.05, 0) is 62.6 Å². The lowest BCUT2D eigenvalue weighted by molar-refractivity contribution is -0.139. The number of rotatable bonds is 4. The fourth-order valence-electron chi connectivity index (χ4n) is 5.71. The standard InChI is InChI=1S/C25H31N5O3/c26-22(32)18-4-2-17(3-5-18)19-14-27-24(28-15-19)29-12-1-10-25(16-29)11-13-30(23(25)33)20-6-8-21(31)9-7-20/h2-5,14-15,20-21,31H,1,6-13,16H2,(H2,26,32)/t20-,21-,25-/m1/s1. The molecule has 1 aliphatic carbocycles. The van der Waals surface area contributed by atoms with Crippen molar-refractivity contribution in [2.45, 2.75) is 57.1 Å². The second-order valence-corrected chi connectivity index (χ2v) is 9.73. The van der Waals surface area contributed by atoms with Crippen LogP contribution in [0.4, 0.5) is 5.95 Å².